The van der Waals surface area contributed by atoms with Crippen LogP contribution in [0.1, 0.15) is 44.4 Å². The molecule has 2 heterocycles. The molecule has 0 aromatic carbocycles. The molecule has 2 rings (SSSR count). The van der Waals surface area contributed by atoms with Crippen molar-refractivity contribution < 1.29 is 0 Å². The minimum absolute atomic E-state index is 0.471. The van der Waals surface area contributed by atoms with Gasteiger partial charge in [-0.2, -0.15) is 0 Å². The number of hydrogen-bond donors (Lipinski definition) is 1. The van der Waals surface area contributed by atoms with Gasteiger partial charge in [0.2, 0.25) is 0 Å². The van der Waals surface area contributed by atoms with Crippen LogP contribution >= 0.6 is 0 Å². The Morgan fingerprint density at radius 2 is 2.19 bits per heavy atom. The summed E-state index contributed by atoms with van der Waals surface area (Å²) in [7, 11) is 1.87. The zero-order valence-electron chi connectivity index (χ0n) is 13.8. The molecule has 0 saturated carbocycles. The number of rotatable bonds is 4. The van der Waals surface area contributed by atoms with Gasteiger partial charge in [0, 0.05) is 26.3 Å². The molecule has 4 heteroatoms. The molecule has 0 unspecified atom stereocenters. The highest BCUT2D eigenvalue weighted by Crippen LogP contribution is 2.36. The lowest BCUT2D eigenvalue weighted by atomic mass is 9.82. The normalized spacial score (nSPS) is 18.1. The summed E-state index contributed by atoms with van der Waals surface area (Å²) >= 11 is 0. The predicted octanol–water partition coefficient (Wildman–Crippen LogP) is 2.98. The third-order valence-corrected chi connectivity index (χ3v) is 4.98. The Balaban J connectivity index is 1.98. The number of aryl methyl sites for hydroxylation is 1. The molecule has 1 aliphatic heterocycles. The molecule has 0 radical (unpaired) electrons. The topological polar surface area (TPSA) is 40.5 Å². The lowest BCUT2D eigenvalue weighted by molar-refractivity contribution is 0.276. The van der Waals surface area contributed by atoms with E-state index >= 15 is 0 Å². The van der Waals surface area contributed by atoms with Gasteiger partial charge in [0.25, 0.3) is 0 Å². The lowest BCUT2D eigenvalue weighted by Crippen LogP contribution is -2.41. The van der Waals surface area contributed by atoms with Crippen molar-refractivity contribution in [2.75, 3.05) is 20.1 Å². The summed E-state index contributed by atoms with van der Waals surface area (Å²) in [5.41, 5.74) is 2.78. The van der Waals surface area contributed by atoms with Crippen molar-refractivity contribution >= 4 is 5.96 Å². The molecule has 0 atom stereocenters. The maximum absolute atomic E-state index is 4.45. The van der Waals surface area contributed by atoms with Crippen LogP contribution in [0.2, 0.25) is 0 Å². The van der Waals surface area contributed by atoms with E-state index in [2.05, 4.69) is 47.0 Å². The van der Waals surface area contributed by atoms with Crippen LogP contribution in [0.15, 0.2) is 23.3 Å². The highest BCUT2D eigenvalue weighted by molar-refractivity contribution is 5.80. The molecule has 1 aromatic rings. The molecule has 4 nitrogen and oxygen atoms in total. The molecular formula is C17H28N4. The summed E-state index contributed by atoms with van der Waals surface area (Å²) in [4.78, 5) is 11.3. The molecule has 1 N–H and O–H groups in total. The maximum atomic E-state index is 4.45. The van der Waals surface area contributed by atoms with Gasteiger partial charge in [-0.3, -0.25) is 9.98 Å². The van der Waals surface area contributed by atoms with Crippen molar-refractivity contribution in [3.05, 3.63) is 29.6 Å². The molecule has 21 heavy (non-hydrogen) atoms. The van der Waals surface area contributed by atoms with Crippen molar-refractivity contribution in [2.24, 2.45) is 10.4 Å². The number of guanidine groups is 1. The third-order valence-electron chi connectivity index (χ3n) is 4.98. The molecular weight excluding hydrogens is 260 g/mol. The van der Waals surface area contributed by atoms with Gasteiger partial charge in [-0.1, -0.05) is 19.9 Å². The van der Waals surface area contributed by atoms with Crippen LogP contribution in [-0.2, 0) is 6.54 Å². The first-order valence-corrected chi connectivity index (χ1v) is 8.00. The average molecular weight is 288 g/mol. The first-order chi connectivity index (χ1) is 10.1. The van der Waals surface area contributed by atoms with E-state index < -0.39 is 0 Å². The van der Waals surface area contributed by atoms with Gasteiger partial charge in [-0.05, 0) is 43.2 Å². The van der Waals surface area contributed by atoms with E-state index in [9.17, 15) is 0 Å². The molecule has 0 spiro atoms. The summed E-state index contributed by atoms with van der Waals surface area (Å²) in [6.07, 6.45) is 5.61. The number of aliphatic imine (C=N–C) groups is 1. The molecule has 1 aliphatic rings. The van der Waals surface area contributed by atoms with Crippen molar-refractivity contribution in [1.29, 1.82) is 0 Å². The van der Waals surface area contributed by atoms with Crippen molar-refractivity contribution in [3.8, 4) is 0 Å². The molecule has 1 aromatic heterocycles. The van der Waals surface area contributed by atoms with E-state index in [1.165, 1.54) is 24.8 Å². The largest absolute Gasteiger partial charge is 0.351 e. The van der Waals surface area contributed by atoms with Gasteiger partial charge in [-0.25, -0.2) is 0 Å². The standard InChI is InChI=1S/C17H28N4/c1-5-17(6-2)9-11-21(13-17)16(18-4)20-12-15-14(3)8-7-10-19-15/h7-8,10H,5-6,9,11-13H2,1-4H3,(H,18,20). The van der Waals surface area contributed by atoms with Crippen LogP contribution < -0.4 is 5.32 Å². The van der Waals surface area contributed by atoms with Gasteiger partial charge in [0.15, 0.2) is 5.96 Å². The van der Waals surface area contributed by atoms with Gasteiger partial charge in [0.05, 0.1) is 12.2 Å². The quantitative estimate of drug-likeness (QED) is 0.684. The maximum Gasteiger partial charge on any atom is 0.193 e. The van der Waals surface area contributed by atoms with E-state index in [-0.39, 0.29) is 0 Å². The molecule has 0 bridgehead atoms. The number of aromatic nitrogens is 1. The predicted molar refractivity (Wildman–Crippen MR) is 88.4 cm³/mol. The Morgan fingerprint density at radius 1 is 1.43 bits per heavy atom. The molecule has 116 valence electrons. The molecule has 1 fully saturated rings. The van der Waals surface area contributed by atoms with Crippen molar-refractivity contribution in [1.82, 2.24) is 15.2 Å². The zero-order valence-corrected chi connectivity index (χ0v) is 13.8. The van der Waals surface area contributed by atoms with E-state index in [1.54, 1.807) is 0 Å². The molecule has 0 aliphatic carbocycles. The Morgan fingerprint density at radius 3 is 2.76 bits per heavy atom. The molecule has 0 amide bonds. The van der Waals surface area contributed by atoms with Gasteiger partial charge < -0.3 is 10.2 Å². The van der Waals surface area contributed by atoms with Crippen LogP contribution in [0.5, 0.6) is 0 Å². The fourth-order valence-corrected chi connectivity index (χ4v) is 3.14. The Hall–Kier alpha value is -1.58. The van der Waals surface area contributed by atoms with Crippen molar-refractivity contribution in [2.45, 2.75) is 46.6 Å². The van der Waals surface area contributed by atoms with E-state index in [0.717, 1.165) is 31.3 Å². The Kier molecular flexibility index (Phi) is 5.21. The minimum atomic E-state index is 0.471. The highest BCUT2D eigenvalue weighted by Gasteiger charge is 2.36. The Bertz CT molecular complexity index is 491. The summed E-state index contributed by atoms with van der Waals surface area (Å²) in [5, 5.41) is 3.47. The first kappa shape index (κ1) is 15.8. The second-order valence-corrected chi connectivity index (χ2v) is 6.05. The number of nitrogens with zero attached hydrogens (tertiary/aromatic N) is 3. The van der Waals surface area contributed by atoms with Crippen LogP contribution in [0, 0.1) is 12.3 Å². The minimum Gasteiger partial charge on any atom is -0.351 e. The van der Waals surface area contributed by atoms with E-state index in [0.29, 0.717) is 5.41 Å². The smallest absolute Gasteiger partial charge is 0.193 e. The van der Waals surface area contributed by atoms with E-state index in [1.807, 2.05) is 19.3 Å². The van der Waals surface area contributed by atoms with Crippen LogP contribution in [-0.4, -0.2) is 36.0 Å². The highest BCUT2D eigenvalue weighted by atomic mass is 15.3. The zero-order chi connectivity index (χ0) is 15.3. The van der Waals surface area contributed by atoms with Crippen LogP contribution in [0.3, 0.4) is 0 Å². The number of nitrogens with one attached hydrogen (secondary N) is 1. The summed E-state index contributed by atoms with van der Waals surface area (Å²) in [6.45, 7) is 9.66. The SMILES string of the molecule is CCC1(CC)CCN(C(=NC)NCc2ncccc2C)C1. The van der Waals surface area contributed by atoms with E-state index in [4.69, 9.17) is 0 Å². The van der Waals surface area contributed by atoms with Gasteiger partial charge in [0.1, 0.15) is 0 Å². The summed E-state index contributed by atoms with van der Waals surface area (Å²) < 4.78 is 0. The fourth-order valence-electron chi connectivity index (χ4n) is 3.14. The number of likely N-dealkylation sites (tertiary alicyclic amines) is 1. The average Bonchev–Trinajstić information content (AvgIpc) is 2.95. The number of pyridine rings is 1. The van der Waals surface area contributed by atoms with Crippen LogP contribution in [0.4, 0.5) is 0 Å². The van der Waals surface area contributed by atoms with Gasteiger partial charge >= 0.3 is 0 Å². The Labute approximate surface area is 128 Å². The second kappa shape index (κ2) is 6.92. The first-order valence-electron chi connectivity index (χ1n) is 8.00. The lowest BCUT2D eigenvalue weighted by Gasteiger charge is -2.28. The number of hydrogen-bond acceptors (Lipinski definition) is 2. The van der Waals surface area contributed by atoms with Crippen molar-refractivity contribution in [3.63, 3.8) is 0 Å². The second-order valence-electron chi connectivity index (χ2n) is 6.05. The summed E-state index contributed by atoms with van der Waals surface area (Å²) in [6, 6.07) is 4.08. The van der Waals surface area contributed by atoms with Gasteiger partial charge in [-0.15, -0.1) is 0 Å². The summed E-state index contributed by atoms with van der Waals surface area (Å²) in [5.74, 6) is 1.00. The van der Waals surface area contributed by atoms with Crippen LogP contribution in [0.25, 0.3) is 0 Å². The third kappa shape index (κ3) is 3.55. The fraction of sp³-hybridized carbons (Fsp3) is 0.647. The molecule has 1 saturated heterocycles. The monoisotopic (exact) mass is 288 g/mol.